The Balaban J connectivity index is 1.21. The molecule has 1 aliphatic carbocycles. The second kappa shape index (κ2) is 14.0. The number of phenolic OH excluding ortho intramolecular Hbond substituents is 1. The summed E-state index contributed by atoms with van der Waals surface area (Å²) < 4.78 is 29.9. The highest BCUT2D eigenvalue weighted by Gasteiger charge is 2.58. The van der Waals surface area contributed by atoms with Gasteiger partial charge < -0.3 is 49.0 Å². The lowest BCUT2D eigenvalue weighted by Crippen LogP contribution is -2.70. The van der Waals surface area contributed by atoms with Gasteiger partial charge in [-0.15, -0.1) is 0 Å². The Kier molecular flexibility index (Phi) is 9.17. The van der Waals surface area contributed by atoms with Crippen molar-refractivity contribution in [1.82, 2.24) is 4.90 Å². The van der Waals surface area contributed by atoms with Gasteiger partial charge in [-0.05, 0) is 41.1 Å². The minimum atomic E-state index is -2.42. The maximum Gasteiger partial charge on any atom is 0.254 e. The molecule has 6 bridgehead atoms. The summed E-state index contributed by atoms with van der Waals surface area (Å²) in [4.78, 5) is 33.2. The van der Waals surface area contributed by atoms with E-state index >= 15 is 0 Å². The van der Waals surface area contributed by atoms with Gasteiger partial charge in [-0.1, -0.05) is 24.1 Å². The number of nitrogens with zero attached hydrogens (tertiary/aromatic N) is 2. The molecule has 5 unspecified atom stereocenters. The van der Waals surface area contributed by atoms with Gasteiger partial charge in [0.25, 0.3) is 5.91 Å². The van der Waals surface area contributed by atoms with Crippen molar-refractivity contribution < 1.29 is 53.7 Å². The molecule has 3 aromatic carbocycles. The van der Waals surface area contributed by atoms with Gasteiger partial charge in [0, 0.05) is 49.2 Å². The molecule has 4 heterocycles. The number of Topliss-reactive ketones (excluding diaryl/α,β-unsaturated/α-hetero) is 1. The summed E-state index contributed by atoms with van der Waals surface area (Å²) in [5.74, 6) is 1.90. The molecule has 5 atom stereocenters. The van der Waals surface area contributed by atoms with Crippen molar-refractivity contribution >= 4 is 28.7 Å². The lowest BCUT2D eigenvalue weighted by atomic mass is 9.86. The zero-order chi connectivity index (χ0) is 37.7. The number of hydrogen-bond acceptors (Lipinski definition) is 12. The molecule has 4 N–H and O–H groups in total. The predicted molar refractivity (Wildman–Crippen MR) is 194 cm³/mol. The average molecular weight is 734 g/mol. The molecular weight excluding hydrogens is 696 g/mol. The Morgan fingerprint density at radius 3 is 2.85 bits per heavy atom. The number of benzene rings is 3. The van der Waals surface area contributed by atoms with E-state index < -0.39 is 48.3 Å². The number of carbonyl (C=O) groups excluding carboxylic acids is 2. The van der Waals surface area contributed by atoms with Gasteiger partial charge in [0.15, 0.2) is 23.2 Å². The van der Waals surface area contributed by atoms with Crippen LogP contribution in [0.4, 0.5) is 0 Å². The molecule has 54 heavy (non-hydrogen) atoms. The van der Waals surface area contributed by atoms with Gasteiger partial charge in [0.1, 0.15) is 47.7 Å². The summed E-state index contributed by atoms with van der Waals surface area (Å²) in [6.07, 6.45) is 5.94. The summed E-state index contributed by atoms with van der Waals surface area (Å²) in [5.41, 5.74) is 2.41. The van der Waals surface area contributed by atoms with Gasteiger partial charge in [-0.3, -0.25) is 9.59 Å². The first-order valence-corrected chi connectivity index (χ1v) is 17.4. The van der Waals surface area contributed by atoms with E-state index in [-0.39, 0.29) is 55.3 Å². The number of aryl methyl sites for hydroxylation is 1. The first-order chi connectivity index (χ1) is 26.1. The summed E-state index contributed by atoms with van der Waals surface area (Å²) in [5, 5.41) is 46.8. The number of rotatable bonds is 6. The van der Waals surface area contributed by atoms with E-state index in [1.807, 2.05) is 30.7 Å². The number of ether oxygens (including phenoxy) is 5. The number of aliphatic hydroxyl groups is 3. The SMILES string of the molecule is COc1cc2c3c(O)c(c(C)cc3c1)C(=O)CN1Cc3c(cccc3C1=O)CC#COC1C(O)C(COCC3=C4[CH+]C=CC=C4N=C3)OC(O2)C1(O)CO. The van der Waals surface area contributed by atoms with Gasteiger partial charge >= 0.3 is 0 Å². The first kappa shape index (κ1) is 35.4. The molecule has 13 nitrogen and oxygen atoms in total. The Morgan fingerprint density at radius 1 is 1.19 bits per heavy atom. The highest BCUT2D eigenvalue weighted by Crippen LogP contribution is 2.44. The Bertz CT molecular complexity index is 2260. The number of carbonyl (C=O) groups is 2. The average Bonchev–Trinajstić information content (AvgIpc) is 3.72. The molecule has 8 rings (SSSR count). The fraction of sp³-hybridized carbons (Fsp3) is 0.317. The minimum absolute atomic E-state index is 0.0205. The van der Waals surface area contributed by atoms with E-state index in [9.17, 15) is 30.0 Å². The normalized spacial score (nSPS) is 25.6. The second-order valence-electron chi connectivity index (χ2n) is 13.7. The van der Waals surface area contributed by atoms with E-state index in [0.29, 0.717) is 27.8 Å². The number of aliphatic hydroxyl groups excluding tert-OH is 2. The van der Waals surface area contributed by atoms with E-state index in [1.54, 1.807) is 37.4 Å². The minimum Gasteiger partial charge on any atom is -0.506 e. The third-order valence-corrected chi connectivity index (χ3v) is 10.4. The highest BCUT2D eigenvalue weighted by molar-refractivity contribution is 6.10. The van der Waals surface area contributed by atoms with Gasteiger partial charge in [-0.25, -0.2) is 0 Å². The van der Waals surface area contributed by atoms with Crippen LogP contribution in [0.3, 0.4) is 0 Å². The third-order valence-electron chi connectivity index (χ3n) is 10.4. The van der Waals surface area contributed by atoms with E-state index in [0.717, 1.165) is 22.4 Å². The van der Waals surface area contributed by atoms with Crippen LogP contribution in [0.1, 0.15) is 37.4 Å². The number of fused-ring (bicyclic) bond motifs is 5. The van der Waals surface area contributed by atoms with Gasteiger partial charge in [0.05, 0.1) is 49.6 Å². The number of amides is 1. The van der Waals surface area contributed by atoms with Crippen LogP contribution in [-0.4, -0.2) is 107 Å². The van der Waals surface area contributed by atoms with Crippen LogP contribution in [0.15, 0.2) is 76.5 Å². The molecule has 5 aliphatic rings. The second-order valence-corrected chi connectivity index (χ2v) is 13.7. The zero-order valence-corrected chi connectivity index (χ0v) is 29.4. The molecule has 4 aliphatic heterocycles. The van der Waals surface area contributed by atoms with Crippen molar-refractivity contribution in [3.8, 4) is 29.3 Å². The van der Waals surface area contributed by atoms with Crippen molar-refractivity contribution in [2.75, 3.05) is 33.5 Å². The summed E-state index contributed by atoms with van der Waals surface area (Å²) >= 11 is 0. The van der Waals surface area contributed by atoms with Crippen LogP contribution >= 0.6 is 0 Å². The lowest BCUT2D eigenvalue weighted by molar-refractivity contribution is -0.327. The first-order valence-electron chi connectivity index (χ1n) is 17.4. The molecular formula is C41H37N2O11+. The lowest BCUT2D eigenvalue weighted by Gasteiger charge is -2.47. The van der Waals surface area contributed by atoms with E-state index in [2.05, 4.69) is 17.0 Å². The van der Waals surface area contributed by atoms with Gasteiger partial charge in [-0.2, -0.15) is 4.99 Å². The number of methoxy groups -OCH3 is 1. The smallest absolute Gasteiger partial charge is 0.254 e. The largest absolute Gasteiger partial charge is 0.506 e. The zero-order valence-electron chi connectivity index (χ0n) is 29.4. The fourth-order valence-corrected chi connectivity index (χ4v) is 7.57. The standard InChI is InChI=1S/C41H36N2O11/c1-22-13-24-14-26(50-2)15-32-35(24)37(47)34(22)31(45)18-43-17-29-23(7-5-10-28(29)39(43)48)8-6-12-52-38-36(46)33(54-40(53-32)41(38,49)21-44)20-51-19-25-16-42-30-11-4-3-9-27(25)30/h3-5,7,9-11,13-16,33,36,38,40,44,46,49H,8,17-21H2,1-2H3/p+1. The number of aliphatic imine (C=N–C) groups is 1. The quantitative estimate of drug-likeness (QED) is 0.217. The summed E-state index contributed by atoms with van der Waals surface area (Å²) in [7, 11) is 1.44. The maximum absolute atomic E-state index is 14.0. The Morgan fingerprint density at radius 2 is 2.04 bits per heavy atom. The molecule has 3 aromatic rings. The predicted octanol–water partition coefficient (Wildman–Crippen LogP) is 2.85. The molecule has 1 saturated heterocycles. The summed E-state index contributed by atoms with van der Waals surface area (Å²) in [6, 6.07) is 9.99. The summed E-state index contributed by atoms with van der Waals surface area (Å²) in [6.45, 7) is 0.452. The number of ketones is 1. The van der Waals surface area contributed by atoms with Crippen molar-refractivity contribution in [1.29, 1.82) is 0 Å². The third kappa shape index (κ3) is 5.98. The molecule has 0 radical (unpaired) electrons. The number of hydrogen-bond donors (Lipinski definition) is 4. The van der Waals surface area contributed by atoms with Crippen molar-refractivity contribution in [2.45, 2.75) is 50.1 Å². The Hall–Kier alpha value is -5.62. The molecule has 0 saturated carbocycles. The van der Waals surface area contributed by atoms with Gasteiger partial charge in [0.2, 0.25) is 6.29 Å². The van der Waals surface area contributed by atoms with Crippen molar-refractivity contribution in [3.63, 3.8) is 0 Å². The van der Waals surface area contributed by atoms with Crippen molar-refractivity contribution in [2.24, 2.45) is 4.99 Å². The van der Waals surface area contributed by atoms with Crippen molar-refractivity contribution in [3.05, 3.63) is 106 Å². The topological polar surface area (TPSA) is 177 Å². The maximum atomic E-state index is 14.0. The number of phenols is 1. The fourth-order valence-electron chi connectivity index (χ4n) is 7.57. The van der Waals surface area contributed by atoms with Crippen LogP contribution in [0.25, 0.3) is 10.8 Å². The van der Waals surface area contributed by atoms with Crippen LogP contribution in [0, 0.1) is 25.4 Å². The number of allylic oxidation sites excluding steroid dienone is 4. The number of aromatic hydroxyl groups is 1. The van der Waals surface area contributed by atoms with Crippen LogP contribution in [0.5, 0.6) is 17.2 Å². The highest BCUT2D eigenvalue weighted by atomic mass is 16.7. The molecule has 1 amide bonds. The van der Waals surface area contributed by atoms with E-state index in [1.165, 1.54) is 18.1 Å². The van der Waals surface area contributed by atoms with Crippen LogP contribution in [-0.2, 0) is 27.2 Å². The molecule has 13 heteroatoms. The molecule has 1 fully saturated rings. The van der Waals surface area contributed by atoms with E-state index in [4.69, 9.17) is 23.7 Å². The Labute approximate surface area is 310 Å². The molecule has 276 valence electrons. The molecule has 0 spiro atoms. The molecule has 0 aromatic heterocycles. The van der Waals surface area contributed by atoms with Crippen LogP contribution < -0.4 is 9.47 Å². The van der Waals surface area contributed by atoms with Crippen LogP contribution in [0.2, 0.25) is 0 Å². The monoisotopic (exact) mass is 733 g/mol.